The van der Waals surface area contributed by atoms with Crippen molar-refractivity contribution in [1.82, 2.24) is 0 Å². The first kappa shape index (κ1) is 29.7. The summed E-state index contributed by atoms with van der Waals surface area (Å²) in [7, 11) is 1.71. The maximum absolute atomic E-state index is 12.1. The highest BCUT2D eigenvalue weighted by atomic mass is 16.5. The molecule has 0 bridgehead atoms. The van der Waals surface area contributed by atoms with Crippen LogP contribution < -0.4 is 4.74 Å². The number of esters is 1. The van der Waals surface area contributed by atoms with Gasteiger partial charge in [-0.15, -0.1) is 0 Å². The fraction of sp³-hybridized carbons (Fsp3) is 0.757. The molecule has 222 valence electrons. The maximum atomic E-state index is 12.1. The Morgan fingerprint density at radius 2 is 1.70 bits per heavy atom. The predicted molar refractivity (Wildman–Crippen MR) is 165 cm³/mol. The molecule has 4 aliphatic rings. The number of rotatable bonds is 8. The highest BCUT2D eigenvalue weighted by Crippen LogP contribution is 2.69. The Morgan fingerprint density at radius 3 is 2.38 bits per heavy atom. The first-order chi connectivity index (χ1) is 19.0. The van der Waals surface area contributed by atoms with E-state index in [0.29, 0.717) is 16.7 Å². The number of hydrogen-bond donors (Lipinski definition) is 0. The van der Waals surface area contributed by atoms with Crippen molar-refractivity contribution in [1.29, 1.82) is 0 Å². The smallest absolute Gasteiger partial charge is 0.303 e. The molecule has 0 amide bonds. The highest BCUT2D eigenvalue weighted by molar-refractivity contribution is 5.67. The van der Waals surface area contributed by atoms with E-state index in [0.717, 1.165) is 54.1 Å². The normalized spacial score (nSPS) is 38.9. The van der Waals surface area contributed by atoms with Gasteiger partial charge in [0.2, 0.25) is 0 Å². The van der Waals surface area contributed by atoms with Crippen molar-refractivity contribution in [3.05, 3.63) is 35.4 Å². The third-order valence-corrected chi connectivity index (χ3v) is 12.5. The molecule has 0 unspecified atom stereocenters. The van der Waals surface area contributed by atoms with Crippen molar-refractivity contribution in [2.75, 3.05) is 7.11 Å². The minimum Gasteiger partial charge on any atom is -0.497 e. The molecule has 0 saturated heterocycles. The summed E-state index contributed by atoms with van der Waals surface area (Å²) in [6.07, 6.45) is 16.8. The maximum Gasteiger partial charge on any atom is 0.303 e. The van der Waals surface area contributed by atoms with Crippen molar-refractivity contribution in [2.45, 2.75) is 118 Å². The molecule has 4 fully saturated rings. The molecule has 9 atom stereocenters. The molecule has 3 nitrogen and oxygen atoms in total. The van der Waals surface area contributed by atoms with Gasteiger partial charge in [-0.05, 0) is 127 Å². The van der Waals surface area contributed by atoms with Gasteiger partial charge in [0.05, 0.1) is 7.11 Å². The van der Waals surface area contributed by atoms with Crippen LogP contribution in [-0.4, -0.2) is 19.2 Å². The van der Waals surface area contributed by atoms with E-state index in [-0.39, 0.29) is 12.1 Å². The third-order valence-electron chi connectivity index (χ3n) is 12.5. The molecule has 0 aliphatic heterocycles. The SMILES string of the molecule is COc1ccc(/C=C2/C[C@@]3(C)[C@@H](CC[C@@H]4[C@H]5CC[C@H]([C@H](C)CCCC(C)C)[C@]5(C)CC[C@H]43)C[C@H]2OC(C)=O)cc1. The van der Waals surface area contributed by atoms with Crippen LogP contribution in [0.5, 0.6) is 5.75 Å². The number of benzene rings is 1. The van der Waals surface area contributed by atoms with Gasteiger partial charge in [0, 0.05) is 6.92 Å². The van der Waals surface area contributed by atoms with Gasteiger partial charge in [-0.25, -0.2) is 0 Å². The van der Waals surface area contributed by atoms with Crippen LogP contribution in [0, 0.1) is 52.3 Å². The summed E-state index contributed by atoms with van der Waals surface area (Å²) in [5, 5.41) is 0. The van der Waals surface area contributed by atoms with E-state index >= 15 is 0 Å². The second-order valence-corrected chi connectivity index (χ2v) is 15.2. The molecule has 3 heteroatoms. The average molecular weight is 549 g/mol. The van der Waals surface area contributed by atoms with Crippen LogP contribution in [0.1, 0.15) is 118 Å². The Labute approximate surface area is 244 Å². The number of carbonyl (C=O) groups is 1. The first-order valence-electron chi connectivity index (χ1n) is 16.6. The summed E-state index contributed by atoms with van der Waals surface area (Å²) in [5.74, 6) is 6.48. The van der Waals surface area contributed by atoms with E-state index in [4.69, 9.17) is 9.47 Å². The highest BCUT2D eigenvalue weighted by Gasteiger charge is 2.61. The zero-order valence-corrected chi connectivity index (χ0v) is 26.5. The van der Waals surface area contributed by atoms with Crippen LogP contribution in [0.15, 0.2) is 29.8 Å². The molecule has 40 heavy (non-hydrogen) atoms. The van der Waals surface area contributed by atoms with Crippen LogP contribution in [0.2, 0.25) is 0 Å². The number of ether oxygens (including phenoxy) is 2. The number of methoxy groups -OCH3 is 1. The number of carbonyl (C=O) groups excluding carboxylic acids is 1. The van der Waals surface area contributed by atoms with E-state index in [1.807, 2.05) is 12.1 Å². The lowest BCUT2D eigenvalue weighted by molar-refractivity contribution is -0.153. The number of fused-ring (bicyclic) bond motifs is 5. The molecule has 4 saturated carbocycles. The van der Waals surface area contributed by atoms with Gasteiger partial charge in [0.25, 0.3) is 0 Å². The standard InChI is InChI=1S/C37H56O3/c1-24(2)9-8-10-25(3)32-17-18-33-31-16-13-29-22-35(40-26(4)38)28(21-27-11-14-30(39-7)15-12-27)23-37(29,6)34(31)19-20-36(32,33)5/h11-12,14-15,21,24-25,29,31-35H,8-10,13,16-20,22-23H2,1-7H3/b28-21-/t25-,29+,31-,32-,33-,34-,35-,36+,37+/m1/s1. The van der Waals surface area contributed by atoms with Gasteiger partial charge in [-0.2, -0.15) is 0 Å². The van der Waals surface area contributed by atoms with Crippen molar-refractivity contribution in [3.63, 3.8) is 0 Å². The molecular formula is C37H56O3. The summed E-state index contributed by atoms with van der Waals surface area (Å²) >= 11 is 0. The fourth-order valence-corrected chi connectivity index (χ4v) is 10.6. The Kier molecular flexibility index (Phi) is 8.80. The lowest BCUT2D eigenvalue weighted by Crippen LogP contribution is -2.54. The van der Waals surface area contributed by atoms with Crippen LogP contribution in [0.3, 0.4) is 0 Å². The van der Waals surface area contributed by atoms with Gasteiger partial charge < -0.3 is 9.47 Å². The summed E-state index contributed by atoms with van der Waals surface area (Å²) in [4.78, 5) is 12.1. The molecule has 4 aliphatic carbocycles. The first-order valence-corrected chi connectivity index (χ1v) is 16.6. The van der Waals surface area contributed by atoms with Crippen LogP contribution in [-0.2, 0) is 9.53 Å². The molecule has 5 rings (SSSR count). The largest absolute Gasteiger partial charge is 0.497 e. The van der Waals surface area contributed by atoms with E-state index in [1.165, 1.54) is 68.9 Å². The fourth-order valence-electron chi connectivity index (χ4n) is 10.6. The van der Waals surface area contributed by atoms with Crippen molar-refractivity contribution < 1.29 is 14.3 Å². The Hall–Kier alpha value is -1.77. The van der Waals surface area contributed by atoms with Gasteiger partial charge in [-0.3, -0.25) is 4.79 Å². The Bertz CT molecular complexity index is 1060. The molecule has 0 radical (unpaired) electrons. The quantitative estimate of drug-likeness (QED) is 0.303. The second-order valence-electron chi connectivity index (χ2n) is 15.2. The minimum absolute atomic E-state index is 0.0920. The van der Waals surface area contributed by atoms with Gasteiger partial charge >= 0.3 is 5.97 Å². The lowest BCUT2D eigenvalue weighted by Gasteiger charge is -2.61. The van der Waals surface area contributed by atoms with E-state index in [2.05, 4.69) is 52.8 Å². The zero-order valence-electron chi connectivity index (χ0n) is 26.5. The molecule has 0 heterocycles. The van der Waals surface area contributed by atoms with Crippen LogP contribution in [0.4, 0.5) is 0 Å². The molecule has 0 aromatic heterocycles. The third kappa shape index (κ3) is 5.65. The van der Waals surface area contributed by atoms with Gasteiger partial charge in [0.1, 0.15) is 11.9 Å². The van der Waals surface area contributed by atoms with E-state index < -0.39 is 0 Å². The molecule has 0 N–H and O–H groups in total. The van der Waals surface area contributed by atoms with Gasteiger partial charge in [-0.1, -0.05) is 72.1 Å². The average Bonchev–Trinajstić information content (AvgIpc) is 3.26. The Balaban J connectivity index is 1.36. The van der Waals surface area contributed by atoms with Crippen molar-refractivity contribution in [2.24, 2.45) is 52.3 Å². The van der Waals surface area contributed by atoms with Crippen molar-refractivity contribution >= 4 is 12.0 Å². The second kappa shape index (κ2) is 11.8. The van der Waals surface area contributed by atoms with Crippen molar-refractivity contribution in [3.8, 4) is 5.75 Å². The molecule has 1 aromatic carbocycles. The zero-order chi connectivity index (χ0) is 28.7. The van der Waals surface area contributed by atoms with Crippen LogP contribution >= 0.6 is 0 Å². The van der Waals surface area contributed by atoms with Gasteiger partial charge in [0.15, 0.2) is 0 Å². The summed E-state index contributed by atoms with van der Waals surface area (Å²) < 4.78 is 11.4. The molecule has 1 aromatic rings. The summed E-state index contributed by atoms with van der Waals surface area (Å²) in [6.45, 7) is 14.2. The molecular weight excluding hydrogens is 492 g/mol. The van der Waals surface area contributed by atoms with E-state index in [9.17, 15) is 4.79 Å². The van der Waals surface area contributed by atoms with Crippen LogP contribution in [0.25, 0.3) is 6.08 Å². The topological polar surface area (TPSA) is 35.5 Å². The Morgan fingerprint density at radius 1 is 0.975 bits per heavy atom. The lowest BCUT2D eigenvalue weighted by atomic mass is 9.44. The predicted octanol–water partition coefficient (Wildman–Crippen LogP) is 9.74. The molecule has 0 spiro atoms. The minimum atomic E-state index is -0.157. The number of hydrogen-bond acceptors (Lipinski definition) is 3. The summed E-state index contributed by atoms with van der Waals surface area (Å²) in [6, 6.07) is 8.31. The van der Waals surface area contributed by atoms with E-state index in [1.54, 1.807) is 14.0 Å². The monoisotopic (exact) mass is 548 g/mol. The summed E-state index contributed by atoms with van der Waals surface area (Å²) in [5.41, 5.74) is 3.30.